The molecule has 1 atom stereocenters. The minimum absolute atomic E-state index is 0.348. The van der Waals surface area contributed by atoms with Crippen molar-refractivity contribution in [3.05, 3.63) is 20.9 Å². The molecular weight excluding hydrogens is 260 g/mol. The summed E-state index contributed by atoms with van der Waals surface area (Å²) in [6.45, 7) is 3.75. The monoisotopic (exact) mass is 266 g/mol. The van der Waals surface area contributed by atoms with Gasteiger partial charge in [-0.3, -0.25) is 4.79 Å². The van der Waals surface area contributed by atoms with Gasteiger partial charge in [-0.1, -0.05) is 17.8 Å². The Bertz CT molecular complexity index is 265. The maximum Gasteiger partial charge on any atom is 0.235 e. The molecule has 0 radical (unpaired) electrons. The van der Waals surface area contributed by atoms with Crippen LogP contribution in [-0.2, 0) is 4.79 Å². The third-order valence-corrected chi connectivity index (χ3v) is 3.47. The largest absolute Gasteiger partial charge is 0.280 e. The van der Waals surface area contributed by atoms with Crippen molar-refractivity contribution in [3.8, 4) is 0 Å². The quantitative estimate of drug-likeness (QED) is 0.675. The minimum atomic E-state index is -0.643. The van der Waals surface area contributed by atoms with Gasteiger partial charge < -0.3 is 0 Å². The topological polar surface area (TPSA) is 17.1 Å². The number of halogens is 2. The second-order valence-corrected chi connectivity index (χ2v) is 5.87. The average molecular weight is 268 g/mol. The number of thioether (sulfide) groups is 1. The zero-order valence-corrected chi connectivity index (χ0v) is 9.89. The third-order valence-electron chi connectivity index (χ3n) is 1.60. The van der Waals surface area contributed by atoms with E-state index in [1.807, 2.05) is 19.1 Å². The van der Waals surface area contributed by atoms with E-state index in [1.165, 1.54) is 0 Å². The molecule has 1 nitrogen and oxygen atoms in total. The van der Waals surface area contributed by atoms with Gasteiger partial charge in [-0.25, -0.2) is 0 Å². The first-order valence-corrected chi connectivity index (χ1v) is 5.38. The maximum atomic E-state index is 11.1. The summed E-state index contributed by atoms with van der Waals surface area (Å²) in [5.74, 6) is 0. The van der Waals surface area contributed by atoms with E-state index in [9.17, 15) is 4.79 Å². The fraction of sp³-hybridized carbons (Fsp3) is 0.375. The van der Waals surface area contributed by atoms with Crippen molar-refractivity contribution in [2.24, 2.45) is 5.41 Å². The molecular formula is C8H8BrClOS. The second-order valence-electron chi connectivity index (χ2n) is 2.86. The highest BCUT2D eigenvalue weighted by atomic mass is 79.9. The van der Waals surface area contributed by atoms with Gasteiger partial charge in [-0.05, 0) is 52.4 Å². The van der Waals surface area contributed by atoms with Crippen LogP contribution in [0, 0.1) is 5.41 Å². The van der Waals surface area contributed by atoms with Gasteiger partial charge in [0.1, 0.15) is 0 Å². The average Bonchev–Trinajstić information content (AvgIpc) is 1.82. The van der Waals surface area contributed by atoms with E-state index in [0.29, 0.717) is 0 Å². The molecule has 1 aliphatic rings. The standard InChI is InChI=1S/C8H8BrClOS/c1-5-3-8(2,7(10)11)4-6(9)12-5/h3-4H,1-2H3. The van der Waals surface area contributed by atoms with Crippen LogP contribution >= 0.6 is 39.3 Å². The number of carbonyl (C=O) groups excluding carboxylic acids is 1. The lowest BCUT2D eigenvalue weighted by Crippen LogP contribution is -2.20. The van der Waals surface area contributed by atoms with Gasteiger partial charge in [0.25, 0.3) is 0 Å². The smallest absolute Gasteiger partial charge is 0.235 e. The molecule has 0 spiro atoms. The van der Waals surface area contributed by atoms with E-state index < -0.39 is 5.41 Å². The lowest BCUT2D eigenvalue weighted by molar-refractivity contribution is -0.115. The van der Waals surface area contributed by atoms with Crippen LogP contribution in [0.3, 0.4) is 0 Å². The first-order valence-electron chi connectivity index (χ1n) is 3.40. The maximum absolute atomic E-state index is 11.1. The summed E-state index contributed by atoms with van der Waals surface area (Å²) in [6, 6.07) is 0. The van der Waals surface area contributed by atoms with E-state index in [4.69, 9.17) is 11.6 Å². The molecule has 1 unspecified atom stereocenters. The summed E-state index contributed by atoms with van der Waals surface area (Å²) in [5, 5.41) is -0.348. The fourth-order valence-electron chi connectivity index (χ4n) is 1.03. The molecule has 66 valence electrons. The Balaban J connectivity index is 3.05. The first kappa shape index (κ1) is 10.4. The molecule has 0 bridgehead atoms. The summed E-state index contributed by atoms with van der Waals surface area (Å²) < 4.78 is 0.944. The molecule has 0 fully saturated rings. The molecule has 0 amide bonds. The summed E-state index contributed by atoms with van der Waals surface area (Å²) in [4.78, 5) is 12.1. The van der Waals surface area contributed by atoms with Gasteiger partial charge in [0.2, 0.25) is 5.24 Å². The first-order chi connectivity index (χ1) is 5.44. The highest BCUT2D eigenvalue weighted by Crippen LogP contribution is 2.42. The number of hydrogen-bond donors (Lipinski definition) is 0. The van der Waals surface area contributed by atoms with Gasteiger partial charge in [0.05, 0.1) is 9.23 Å². The molecule has 4 heteroatoms. The van der Waals surface area contributed by atoms with Crippen molar-refractivity contribution in [2.75, 3.05) is 0 Å². The Hall–Kier alpha value is 0.270. The van der Waals surface area contributed by atoms with Gasteiger partial charge in [-0.15, -0.1) is 0 Å². The van der Waals surface area contributed by atoms with Crippen LogP contribution in [0.2, 0.25) is 0 Å². The van der Waals surface area contributed by atoms with E-state index >= 15 is 0 Å². The van der Waals surface area contributed by atoms with Gasteiger partial charge in [-0.2, -0.15) is 0 Å². The van der Waals surface area contributed by atoms with Crippen LogP contribution in [-0.4, -0.2) is 5.24 Å². The minimum Gasteiger partial charge on any atom is -0.280 e. The Labute approximate surface area is 89.4 Å². The predicted molar refractivity (Wildman–Crippen MR) is 57.3 cm³/mol. The summed E-state index contributed by atoms with van der Waals surface area (Å²) in [5.41, 5.74) is -0.643. The van der Waals surface area contributed by atoms with Crippen LogP contribution in [0.1, 0.15) is 13.8 Å². The van der Waals surface area contributed by atoms with Crippen molar-refractivity contribution in [1.82, 2.24) is 0 Å². The molecule has 1 heterocycles. The summed E-state index contributed by atoms with van der Waals surface area (Å²) in [6.07, 6.45) is 3.69. The second kappa shape index (κ2) is 3.56. The predicted octanol–water partition coefficient (Wildman–Crippen LogP) is 3.65. The molecule has 1 rings (SSSR count). The lowest BCUT2D eigenvalue weighted by atomic mass is 9.92. The molecule has 0 aliphatic carbocycles. The number of allylic oxidation sites excluding steroid dienone is 3. The number of carbonyl (C=O) groups is 1. The van der Waals surface area contributed by atoms with Crippen LogP contribution < -0.4 is 0 Å². The summed E-state index contributed by atoms with van der Waals surface area (Å²) in [7, 11) is 0. The molecule has 1 aliphatic heterocycles. The third kappa shape index (κ3) is 2.15. The molecule has 0 aromatic heterocycles. The van der Waals surface area contributed by atoms with Gasteiger partial charge in [0, 0.05) is 0 Å². The number of hydrogen-bond acceptors (Lipinski definition) is 2. The van der Waals surface area contributed by atoms with Crippen molar-refractivity contribution in [3.63, 3.8) is 0 Å². The molecule has 0 N–H and O–H groups in total. The SMILES string of the molecule is CC1=CC(C)(C(=O)Cl)C=C(Br)S1. The molecule has 0 aromatic rings. The molecule has 0 aromatic carbocycles. The molecule has 0 saturated heterocycles. The van der Waals surface area contributed by atoms with Crippen molar-refractivity contribution in [1.29, 1.82) is 0 Å². The Morgan fingerprint density at radius 3 is 2.67 bits per heavy atom. The van der Waals surface area contributed by atoms with Crippen molar-refractivity contribution in [2.45, 2.75) is 13.8 Å². The normalized spacial score (nSPS) is 29.3. The number of rotatable bonds is 1. The van der Waals surface area contributed by atoms with Crippen molar-refractivity contribution < 1.29 is 4.79 Å². The zero-order chi connectivity index (χ0) is 9.35. The lowest BCUT2D eigenvalue weighted by Gasteiger charge is -2.22. The van der Waals surface area contributed by atoms with Crippen LogP contribution in [0.4, 0.5) is 0 Å². The Morgan fingerprint density at radius 2 is 2.25 bits per heavy atom. The highest BCUT2D eigenvalue weighted by Gasteiger charge is 2.30. The van der Waals surface area contributed by atoms with Crippen molar-refractivity contribution >= 4 is 44.5 Å². The highest BCUT2D eigenvalue weighted by molar-refractivity contribution is 9.14. The zero-order valence-electron chi connectivity index (χ0n) is 6.73. The van der Waals surface area contributed by atoms with E-state index in [0.717, 1.165) is 8.72 Å². The van der Waals surface area contributed by atoms with Crippen LogP contribution in [0.15, 0.2) is 20.9 Å². The van der Waals surface area contributed by atoms with E-state index in [1.54, 1.807) is 18.7 Å². The summed E-state index contributed by atoms with van der Waals surface area (Å²) >= 11 is 10.4. The molecule has 0 saturated carbocycles. The Morgan fingerprint density at radius 1 is 1.67 bits per heavy atom. The fourth-order valence-corrected chi connectivity index (χ4v) is 3.29. The van der Waals surface area contributed by atoms with Crippen LogP contribution in [0.5, 0.6) is 0 Å². The Kier molecular flexibility index (Phi) is 3.07. The van der Waals surface area contributed by atoms with E-state index in [-0.39, 0.29) is 5.24 Å². The van der Waals surface area contributed by atoms with Gasteiger partial charge in [0.15, 0.2) is 0 Å². The van der Waals surface area contributed by atoms with Crippen LogP contribution in [0.25, 0.3) is 0 Å². The van der Waals surface area contributed by atoms with Gasteiger partial charge >= 0.3 is 0 Å². The molecule has 12 heavy (non-hydrogen) atoms. The van der Waals surface area contributed by atoms with E-state index in [2.05, 4.69) is 15.9 Å².